The van der Waals surface area contributed by atoms with Gasteiger partial charge in [0.25, 0.3) is 0 Å². The van der Waals surface area contributed by atoms with Crippen molar-refractivity contribution in [3.8, 4) is 22.6 Å². The van der Waals surface area contributed by atoms with Crippen LogP contribution in [0.15, 0.2) is 54.7 Å². The van der Waals surface area contributed by atoms with Crippen molar-refractivity contribution in [3.63, 3.8) is 0 Å². The molecule has 0 spiro atoms. The molecular weight excluding hydrogens is 353 g/mol. The third-order valence-corrected chi connectivity index (χ3v) is 4.48. The van der Waals surface area contributed by atoms with Gasteiger partial charge in [0, 0.05) is 11.5 Å². The SMILES string of the molecule is CC(C)C(=O)N1Cn2c(cnc2-c2ccccc2F)-c2ccccc21.Cl. The number of nitrogens with zero attached hydrogens (tertiary/aromatic N) is 3. The highest BCUT2D eigenvalue weighted by atomic mass is 35.5. The zero-order chi connectivity index (χ0) is 17.6. The number of fused-ring (bicyclic) bond motifs is 3. The first-order valence-corrected chi connectivity index (χ1v) is 8.29. The van der Waals surface area contributed by atoms with Gasteiger partial charge in [0.2, 0.25) is 5.91 Å². The summed E-state index contributed by atoms with van der Waals surface area (Å²) < 4.78 is 16.2. The molecule has 0 N–H and O–H groups in total. The van der Waals surface area contributed by atoms with Gasteiger partial charge in [0.15, 0.2) is 0 Å². The van der Waals surface area contributed by atoms with Crippen molar-refractivity contribution < 1.29 is 9.18 Å². The lowest BCUT2D eigenvalue weighted by Crippen LogP contribution is -2.38. The summed E-state index contributed by atoms with van der Waals surface area (Å²) in [6.07, 6.45) is 1.75. The van der Waals surface area contributed by atoms with Gasteiger partial charge in [0.05, 0.1) is 23.1 Å². The van der Waals surface area contributed by atoms with Crippen LogP contribution in [0.5, 0.6) is 0 Å². The Kier molecular flexibility index (Phi) is 4.83. The topological polar surface area (TPSA) is 38.1 Å². The Morgan fingerprint density at radius 3 is 2.42 bits per heavy atom. The Morgan fingerprint density at radius 2 is 1.73 bits per heavy atom. The summed E-state index contributed by atoms with van der Waals surface area (Å²) in [5, 5.41) is 0. The number of carbonyl (C=O) groups excluding carboxylic acids is 1. The average Bonchev–Trinajstić information content (AvgIpc) is 3.04. The summed E-state index contributed by atoms with van der Waals surface area (Å²) in [6, 6.07) is 14.3. The largest absolute Gasteiger partial charge is 0.305 e. The molecule has 134 valence electrons. The van der Waals surface area contributed by atoms with E-state index in [0.29, 0.717) is 18.1 Å². The smallest absolute Gasteiger partial charge is 0.231 e. The van der Waals surface area contributed by atoms with Gasteiger partial charge in [-0.3, -0.25) is 9.69 Å². The molecule has 0 atom stereocenters. The first kappa shape index (κ1) is 18.1. The standard InChI is InChI=1S/C20H18FN3O.ClH/c1-13(2)20(25)24-12-23-18(15-8-4-6-10-17(15)24)11-22-19(23)14-7-3-5-9-16(14)21;/h3-11,13H,12H2,1-2H3;1H. The molecule has 0 radical (unpaired) electrons. The zero-order valence-corrected chi connectivity index (χ0v) is 15.3. The van der Waals surface area contributed by atoms with Gasteiger partial charge in [-0.15, -0.1) is 12.4 Å². The fourth-order valence-corrected chi connectivity index (χ4v) is 3.23. The van der Waals surface area contributed by atoms with Crippen molar-refractivity contribution in [2.75, 3.05) is 4.90 Å². The van der Waals surface area contributed by atoms with Gasteiger partial charge < -0.3 is 4.57 Å². The lowest BCUT2D eigenvalue weighted by molar-refractivity contribution is -0.121. The van der Waals surface area contributed by atoms with Crippen molar-refractivity contribution in [1.82, 2.24) is 9.55 Å². The Hall–Kier alpha value is -2.66. The predicted octanol–water partition coefficient (Wildman–Crippen LogP) is 4.74. The van der Waals surface area contributed by atoms with Gasteiger partial charge in [-0.1, -0.05) is 44.2 Å². The number of amides is 1. The van der Waals surface area contributed by atoms with Gasteiger partial charge in [-0.2, -0.15) is 0 Å². The van der Waals surface area contributed by atoms with E-state index in [0.717, 1.165) is 16.9 Å². The van der Waals surface area contributed by atoms with E-state index in [4.69, 9.17) is 0 Å². The van der Waals surface area contributed by atoms with Gasteiger partial charge in [0.1, 0.15) is 18.3 Å². The number of benzene rings is 2. The van der Waals surface area contributed by atoms with Crippen LogP contribution in [0.1, 0.15) is 13.8 Å². The third-order valence-electron chi connectivity index (χ3n) is 4.48. The summed E-state index contributed by atoms with van der Waals surface area (Å²) in [4.78, 5) is 18.9. The molecule has 1 aliphatic rings. The number of halogens is 2. The zero-order valence-electron chi connectivity index (χ0n) is 14.5. The molecule has 3 aromatic rings. The Bertz CT molecular complexity index is 967. The second-order valence-corrected chi connectivity index (χ2v) is 6.45. The molecule has 2 aromatic carbocycles. The average molecular weight is 372 g/mol. The lowest BCUT2D eigenvalue weighted by atomic mass is 10.1. The van der Waals surface area contributed by atoms with Crippen LogP contribution in [-0.2, 0) is 11.5 Å². The predicted molar refractivity (Wildman–Crippen MR) is 103 cm³/mol. The van der Waals surface area contributed by atoms with Gasteiger partial charge >= 0.3 is 0 Å². The summed E-state index contributed by atoms with van der Waals surface area (Å²) in [5.41, 5.74) is 3.12. The molecule has 0 bridgehead atoms. The minimum atomic E-state index is -0.323. The Balaban J connectivity index is 0.00000196. The fraction of sp³-hybridized carbons (Fsp3) is 0.200. The molecule has 1 amide bonds. The first-order chi connectivity index (χ1) is 12.1. The molecule has 0 saturated heterocycles. The summed E-state index contributed by atoms with van der Waals surface area (Å²) in [6.45, 7) is 4.09. The van der Waals surface area contributed by atoms with Crippen LogP contribution in [0.25, 0.3) is 22.6 Å². The quantitative estimate of drug-likeness (QED) is 0.652. The lowest BCUT2D eigenvalue weighted by Gasteiger charge is -2.32. The number of imidazole rings is 1. The number of carbonyl (C=O) groups is 1. The van der Waals surface area contributed by atoms with E-state index < -0.39 is 0 Å². The Labute approximate surface area is 157 Å². The van der Waals surface area contributed by atoms with Crippen LogP contribution < -0.4 is 4.90 Å². The highest BCUT2D eigenvalue weighted by Crippen LogP contribution is 2.39. The molecule has 26 heavy (non-hydrogen) atoms. The van der Waals surface area contributed by atoms with Crippen LogP contribution in [0.4, 0.5) is 10.1 Å². The van der Waals surface area contributed by atoms with Gasteiger partial charge in [-0.05, 0) is 18.2 Å². The molecule has 1 aromatic heterocycles. The van der Waals surface area contributed by atoms with Crippen LogP contribution in [0.3, 0.4) is 0 Å². The van der Waals surface area contributed by atoms with E-state index >= 15 is 0 Å². The molecule has 6 heteroatoms. The Morgan fingerprint density at radius 1 is 1.08 bits per heavy atom. The number of para-hydroxylation sites is 1. The molecule has 0 fully saturated rings. The van der Waals surface area contributed by atoms with E-state index in [9.17, 15) is 9.18 Å². The maximum Gasteiger partial charge on any atom is 0.231 e. The minimum absolute atomic E-state index is 0. The third kappa shape index (κ3) is 2.78. The van der Waals surface area contributed by atoms with E-state index in [1.165, 1.54) is 6.07 Å². The van der Waals surface area contributed by atoms with E-state index in [1.54, 1.807) is 29.3 Å². The van der Waals surface area contributed by atoms with Crippen LogP contribution in [-0.4, -0.2) is 15.5 Å². The summed E-state index contributed by atoms with van der Waals surface area (Å²) in [7, 11) is 0. The molecule has 4 rings (SSSR count). The number of anilines is 1. The maximum atomic E-state index is 14.3. The van der Waals surface area contributed by atoms with E-state index in [1.807, 2.05) is 42.7 Å². The van der Waals surface area contributed by atoms with Crippen LogP contribution >= 0.6 is 12.4 Å². The van der Waals surface area contributed by atoms with Crippen molar-refractivity contribution in [2.24, 2.45) is 5.92 Å². The monoisotopic (exact) mass is 371 g/mol. The second-order valence-electron chi connectivity index (χ2n) is 6.45. The second kappa shape index (κ2) is 6.92. The summed E-state index contributed by atoms with van der Waals surface area (Å²) >= 11 is 0. The molecule has 2 heterocycles. The van der Waals surface area contributed by atoms with Crippen molar-refractivity contribution >= 4 is 24.0 Å². The number of aromatic nitrogens is 2. The van der Waals surface area contributed by atoms with Crippen molar-refractivity contribution in [3.05, 3.63) is 60.5 Å². The number of hydrogen-bond donors (Lipinski definition) is 0. The maximum absolute atomic E-state index is 14.3. The van der Waals surface area contributed by atoms with Gasteiger partial charge in [-0.25, -0.2) is 9.37 Å². The molecule has 0 unspecified atom stereocenters. The molecule has 0 saturated carbocycles. The van der Waals surface area contributed by atoms with Crippen molar-refractivity contribution in [1.29, 1.82) is 0 Å². The van der Waals surface area contributed by atoms with E-state index in [2.05, 4.69) is 4.98 Å². The van der Waals surface area contributed by atoms with Crippen molar-refractivity contribution in [2.45, 2.75) is 20.5 Å². The molecule has 4 nitrogen and oxygen atoms in total. The molecular formula is C20H19ClFN3O. The highest BCUT2D eigenvalue weighted by Gasteiger charge is 2.30. The fourth-order valence-electron chi connectivity index (χ4n) is 3.23. The van der Waals surface area contributed by atoms with Crippen LogP contribution in [0, 0.1) is 11.7 Å². The first-order valence-electron chi connectivity index (χ1n) is 8.29. The normalized spacial score (nSPS) is 12.4. The van der Waals surface area contributed by atoms with E-state index in [-0.39, 0.29) is 30.0 Å². The van der Waals surface area contributed by atoms with Crippen LogP contribution in [0.2, 0.25) is 0 Å². The number of rotatable bonds is 2. The summed E-state index contributed by atoms with van der Waals surface area (Å²) in [5.74, 6) is 0.113. The molecule has 0 aliphatic carbocycles. The molecule has 1 aliphatic heterocycles. The highest BCUT2D eigenvalue weighted by molar-refractivity contribution is 5.99. The number of hydrogen-bond acceptors (Lipinski definition) is 2. The minimum Gasteiger partial charge on any atom is -0.305 e.